The fourth-order valence-electron chi connectivity index (χ4n) is 3.03. The first-order chi connectivity index (χ1) is 14.3. The van der Waals surface area contributed by atoms with Crippen molar-refractivity contribution >= 4 is 55.8 Å². The van der Waals surface area contributed by atoms with Crippen molar-refractivity contribution in [3.05, 3.63) is 77.3 Å². The van der Waals surface area contributed by atoms with E-state index >= 15 is 0 Å². The highest BCUT2D eigenvalue weighted by atomic mass is 35.5. The van der Waals surface area contributed by atoms with Crippen molar-refractivity contribution in [3.63, 3.8) is 0 Å². The Kier molecular flexibility index (Phi) is 7.64. The number of fused-ring (bicyclic) bond motifs is 1. The monoisotopic (exact) mass is 462 g/mol. The molecule has 30 heavy (non-hydrogen) atoms. The maximum atomic E-state index is 12.4. The summed E-state index contributed by atoms with van der Waals surface area (Å²) < 4.78 is 26.0. The lowest BCUT2D eigenvalue weighted by molar-refractivity contribution is -0.119. The highest BCUT2D eigenvalue weighted by molar-refractivity contribution is 7.98. The van der Waals surface area contributed by atoms with Crippen LogP contribution in [0.4, 0.5) is 5.69 Å². The third-order valence-electron chi connectivity index (χ3n) is 4.47. The Labute approximate surface area is 186 Å². The van der Waals surface area contributed by atoms with E-state index in [2.05, 4.69) is 5.32 Å². The molecule has 1 amide bonds. The summed E-state index contributed by atoms with van der Waals surface area (Å²) in [5.41, 5.74) is 1.66. The molecular formula is C22H23ClN2O3S2. The molecule has 1 N–H and O–H groups in total. The van der Waals surface area contributed by atoms with Gasteiger partial charge in [-0.25, -0.2) is 8.42 Å². The number of sulfonamides is 1. The van der Waals surface area contributed by atoms with E-state index in [4.69, 9.17) is 11.6 Å². The van der Waals surface area contributed by atoms with Crippen molar-refractivity contribution in [2.24, 2.45) is 0 Å². The van der Waals surface area contributed by atoms with Gasteiger partial charge in [-0.05, 0) is 29.1 Å². The molecular weight excluding hydrogens is 440 g/mol. The standard InChI is InChI=1S/C22H23ClN2O3S2/c1-30(27,28)25(21-8-4-6-18-5-2-3-7-20(18)21)15-22(26)24-13-14-29-16-17-9-11-19(23)12-10-17/h2-12H,13-16H2,1H3,(H,24,26). The molecule has 0 fully saturated rings. The summed E-state index contributed by atoms with van der Waals surface area (Å²) in [6.07, 6.45) is 1.12. The van der Waals surface area contributed by atoms with E-state index in [1.54, 1.807) is 23.9 Å². The first-order valence-corrected chi connectivity index (χ1v) is 12.8. The van der Waals surface area contributed by atoms with Crippen molar-refractivity contribution in [1.82, 2.24) is 5.32 Å². The molecule has 0 saturated carbocycles. The van der Waals surface area contributed by atoms with Crippen molar-refractivity contribution in [3.8, 4) is 0 Å². The highest BCUT2D eigenvalue weighted by Gasteiger charge is 2.22. The average Bonchev–Trinajstić information content (AvgIpc) is 2.72. The Hall–Kier alpha value is -2.22. The molecule has 0 atom stereocenters. The van der Waals surface area contributed by atoms with Crippen molar-refractivity contribution < 1.29 is 13.2 Å². The van der Waals surface area contributed by atoms with E-state index in [-0.39, 0.29) is 12.5 Å². The quantitative estimate of drug-likeness (QED) is 0.481. The summed E-state index contributed by atoms with van der Waals surface area (Å²) in [7, 11) is -3.62. The van der Waals surface area contributed by atoms with Crippen molar-refractivity contribution in [2.75, 3.05) is 29.4 Å². The molecule has 8 heteroatoms. The summed E-state index contributed by atoms with van der Waals surface area (Å²) in [5.74, 6) is 1.21. The predicted octanol–water partition coefficient (Wildman–Crippen LogP) is 4.31. The second kappa shape index (κ2) is 10.2. The fourth-order valence-corrected chi connectivity index (χ4v) is 4.84. The first kappa shape index (κ1) is 22.5. The van der Waals surface area contributed by atoms with Crippen LogP contribution < -0.4 is 9.62 Å². The molecule has 0 saturated heterocycles. The molecule has 0 aromatic heterocycles. The Morgan fingerprint density at radius 2 is 1.73 bits per heavy atom. The van der Waals surface area contributed by atoms with Crippen LogP contribution in [0, 0.1) is 0 Å². The topological polar surface area (TPSA) is 66.5 Å². The zero-order valence-electron chi connectivity index (χ0n) is 16.5. The number of anilines is 1. The molecule has 0 radical (unpaired) electrons. The Morgan fingerprint density at radius 1 is 1.03 bits per heavy atom. The molecule has 0 bridgehead atoms. The number of nitrogens with one attached hydrogen (secondary N) is 1. The Balaban J connectivity index is 1.57. The largest absolute Gasteiger partial charge is 0.354 e. The van der Waals surface area contributed by atoms with E-state index in [0.29, 0.717) is 17.3 Å². The second-order valence-corrected chi connectivity index (χ2v) is 10.2. The van der Waals surface area contributed by atoms with Crippen LogP contribution in [0.3, 0.4) is 0 Å². The van der Waals surface area contributed by atoms with Crippen LogP contribution in [0.25, 0.3) is 10.8 Å². The number of hydrogen-bond acceptors (Lipinski definition) is 4. The Bertz CT molecular complexity index is 1110. The van der Waals surface area contributed by atoms with Crippen LogP contribution in [0.5, 0.6) is 0 Å². The minimum Gasteiger partial charge on any atom is -0.354 e. The SMILES string of the molecule is CS(=O)(=O)N(CC(=O)NCCSCc1ccc(Cl)cc1)c1cccc2ccccc12. The molecule has 0 aliphatic carbocycles. The number of amides is 1. The number of halogens is 1. The van der Waals surface area contributed by atoms with E-state index in [1.165, 1.54) is 0 Å². The third-order valence-corrected chi connectivity index (χ3v) is 6.88. The van der Waals surface area contributed by atoms with E-state index in [9.17, 15) is 13.2 Å². The predicted molar refractivity (Wildman–Crippen MR) is 127 cm³/mol. The summed E-state index contributed by atoms with van der Waals surface area (Å²) in [6, 6.07) is 20.6. The fraction of sp³-hybridized carbons (Fsp3) is 0.227. The molecule has 3 aromatic rings. The lowest BCUT2D eigenvalue weighted by Gasteiger charge is -2.23. The Morgan fingerprint density at radius 3 is 2.47 bits per heavy atom. The molecule has 0 aliphatic heterocycles. The second-order valence-electron chi connectivity index (χ2n) is 6.80. The minimum atomic E-state index is -3.62. The van der Waals surface area contributed by atoms with Crippen LogP contribution in [-0.4, -0.2) is 39.4 Å². The van der Waals surface area contributed by atoms with E-state index in [0.717, 1.165) is 38.4 Å². The molecule has 5 nitrogen and oxygen atoms in total. The van der Waals surface area contributed by atoms with Gasteiger partial charge in [0.1, 0.15) is 6.54 Å². The summed E-state index contributed by atoms with van der Waals surface area (Å²) in [4.78, 5) is 12.4. The molecule has 0 unspecified atom stereocenters. The van der Waals surface area contributed by atoms with Crippen molar-refractivity contribution in [1.29, 1.82) is 0 Å². The number of benzene rings is 3. The molecule has 3 aromatic carbocycles. The lowest BCUT2D eigenvalue weighted by atomic mass is 10.1. The van der Waals surface area contributed by atoms with Crippen LogP contribution >= 0.6 is 23.4 Å². The summed E-state index contributed by atoms with van der Waals surface area (Å²) >= 11 is 7.57. The zero-order valence-corrected chi connectivity index (χ0v) is 18.9. The third kappa shape index (κ3) is 6.14. The van der Waals surface area contributed by atoms with Crippen LogP contribution in [0.2, 0.25) is 5.02 Å². The summed E-state index contributed by atoms with van der Waals surface area (Å²) in [5, 5.41) is 5.23. The van der Waals surface area contributed by atoms with Crippen LogP contribution in [-0.2, 0) is 20.6 Å². The lowest BCUT2D eigenvalue weighted by Crippen LogP contribution is -2.41. The normalized spacial score (nSPS) is 11.4. The number of carbonyl (C=O) groups excluding carboxylic acids is 1. The van der Waals surface area contributed by atoms with Gasteiger partial charge in [0, 0.05) is 28.5 Å². The number of rotatable bonds is 9. The van der Waals surface area contributed by atoms with E-state index in [1.807, 2.05) is 54.6 Å². The van der Waals surface area contributed by atoms with Crippen LogP contribution in [0.15, 0.2) is 66.7 Å². The van der Waals surface area contributed by atoms with Gasteiger partial charge in [-0.2, -0.15) is 11.8 Å². The molecule has 0 aliphatic rings. The minimum absolute atomic E-state index is 0.255. The van der Waals surface area contributed by atoms with Crippen LogP contribution in [0.1, 0.15) is 5.56 Å². The van der Waals surface area contributed by atoms with Gasteiger partial charge in [-0.3, -0.25) is 9.10 Å². The molecule has 0 heterocycles. The van der Waals surface area contributed by atoms with Gasteiger partial charge in [0.05, 0.1) is 11.9 Å². The van der Waals surface area contributed by atoms with Crippen molar-refractivity contribution in [2.45, 2.75) is 5.75 Å². The number of hydrogen-bond donors (Lipinski definition) is 1. The zero-order chi connectivity index (χ0) is 21.6. The highest BCUT2D eigenvalue weighted by Crippen LogP contribution is 2.28. The molecule has 158 valence electrons. The van der Waals surface area contributed by atoms with Gasteiger partial charge in [0.15, 0.2) is 0 Å². The first-order valence-electron chi connectivity index (χ1n) is 9.39. The maximum absolute atomic E-state index is 12.4. The van der Waals surface area contributed by atoms with Gasteiger partial charge in [0.2, 0.25) is 15.9 Å². The van der Waals surface area contributed by atoms with Gasteiger partial charge in [0.25, 0.3) is 0 Å². The molecule has 3 rings (SSSR count). The summed E-state index contributed by atoms with van der Waals surface area (Å²) in [6.45, 7) is 0.207. The molecule has 0 spiro atoms. The van der Waals surface area contributed by atoms with Gasteiger partial charge in [-0.15, -0.1) is 0 Å². The number of nitrogens with zero attached hydrogens (tertiary/aromatic N) is 1. The maximum Gasteiger partial charge on any atom is 0.240 e. The number of carbonyl (C=O) groups is 1. The smallest absolute Gasteiger partial charge is 0.240 e. The van der Waals surface area contributed by atoms with Gasteiger partial charge >= 0.3 is 0 Å². The average molecular weight is 463 g/mol. The number of thioether (sulfide) groups is 1. The van der Waals surface area contributed by atoms with Gasteiger partial charge < -0.3 is 5.32 Å². The van der Waals surface area contributed by atoms with Gasteiger partial charge in [-0.1, -0.05) is 60.1 Å². The van der Waals surface area contributed by atoms with E-state index < -0.39 is 10.0 Å².